The van der Waals surface area contributed by atoms with Crippen LogP contribution in [-0.4, -0.2) is 50.0 Å². The van der Waals surface area contributed by atoms with E-state index in [1.807, 2.05) is 35.6 Å². The zero-order chi connectivity index (χ0) is 19.8. The third-order valence-electron chi connectivity index (χ3n) is 5.07. The Morgan fingerprint density at radius 1 is 1.11 bits per heavy atom. The lowest BCUT2D eigenvalue weighted by molar-refractivity contribution is -0.139. The van der Waals surface area contributed by atoms with E-state index in [-0.39, 0.29) is 0 Å². The topological polar surface area (TPSA) is 70.7 Å². The number of carbonyl (C=O) groups is 2. The standard InChI is InChI=1S/C21H27N3O3S/c1-27-18-6-4-16(5-7-18)15-23-21(26)20(25)22-10-13-24-11-8-17(9-12-24)19-3-2-14-28-19/h2-7,14,17H,8-13,15H2,1H3,(H,22,25)(H,23,26). The molecule has 0 saturated carbocycles. The molecule has 6 nitrogen and oxygen atoms in total. The van der Waals surface area contributed by atoms with Crippen LogP contribution < -0.4 is 15.4 Å². The van der Waals surface area contributed by atoms with Gasteiger partial charge in [0.15, 0.2) is 0 Å². The summed E-state index contributed by atoms with van der Waals surface area (Å²) in [5, 5.41) is 7.49. The molecule has 1 fully saturated rings. The van der Waals surface area contributed by atoms with Gasteiger partial charge in [0.1, 0.15) is 5.75 Å². The summed E-state index contributed by atoms with van der Waals surface area (Å²) >= 11 is 1.83. The first-order valence-corrected chi connectivity index (χ1v) is 10.5. The minimum atomic E-state index is -0.604. The highest BCUT2D eigenvalue weighted by Crippen LogP contribution is 2.30. The number of amides is 2. The lowest BCUT2D eigenvalue weighted by atomic mass is 9.95. The fourth-order valence-corrected chi connectivity index (χ4v) is 4.28. The van der Waals surface area contributed by atoms with E-state index in [0.717, 1.165) is 43.8 Å². The van der Waals surface area contributed by atoms with Crippen molar-refractivity contribution < 1.29 is 14.3 Å². The van der Waals surface area contributed by atoms with Crippen molar-refractivity contribution in [2.45, 2.75) is 25.3 Å². The first-order valence-electron chi connectivity index (χ1n) is 9.60. The number of nitrogens with zero attached hydrogens (tertiary/aromatic N) is 1. The number of thiophene rings is 1. The number of benzene rings is 1. The van der Waals surface area contributed by atoms with Gasteiger partial charge in [0, 0.05) is 24.5 Å². The highest BCUT2D eigenvalue weighted by molar-refractivity contribution is 7.10. The number of methoxy groups -OCH3 is 1. The molecule has 3 rings (SSSR count). The molecule has 1 aromatic heterocycles. The molecular formula is C21H27N3O3S. The second-order valence-electron chi connectivity index (χ2n) is 6.92. The van der Waals surface area contributed by atoms with Crippen molar-refractivity contribution in [3.05, 3.63) is 52.2 Å². The second-order valence-corrected chi connectivity index (χ2v) is 7.90. The van der Waals surface area contributed by atoms with Gasteiger partial charge in [-0.2, -0.15) is 0 Å². The quantitative estimate of drug-likeness (QED) is 0.699. The van der Waals surface area contributed by atoms with E-state index >= 15 is 0 Å². The Balaban J connectivity index is 1.31. The molecule has 0 spiro atoms. The number of ether oxygens (including phenoxy) is 1. The van der Waals surface area contributed by atoms with Gasteiger partial charge >= 0.3 is 11.8 Å². The molecule has 2 amide bonds. The number of likely N-dealkylation sites (tertiary alicyclic amines) is 1. The molecule has 1 aliphatic rings. The monoisotopic (exact) mass is 401 g/mol. The van der Waals surface area contributed by atoms with Crippen molar-refractivity contribution in [3.8, 4) is 5.75 Å². The van der Waals surface area contributed by atoms with E-state index < -0.39 is 11.8 Å². The zero-order valence-corrected chi connectivity index (χ0v) is 17.0. The van der Waals surface area contributed by atoms with E-state index in [4.69, 9.17) is 4.74 Å². The summed E-state index contributed by atoms with van der Waals surface area (Å²) < 4.78 is 5.10. The van der Waals surface area contributed by atoms with Crippen LogP contribution in [0.2, 0.25) is 0 Å². The number of hydrogen-bond donors (Lipinski definition) is 2. The van der Waals surface area contributed by atoms with Crippen LogP contribution >= 0.6 is 11.3 Å². The summed E-state index contributed by atoms with van der Waals surface area (Å²) in [5.74, 6) is 0.232. The van der Waals surface area contributed by atoms with E-state index in [0.29, 0.717) is 19.0 Å². The maximum absolute atomic E-state index is 12.0. The van der Waals surface area contributed by atoms with Gasteiger partial charge < -0.3 is 20.3 Å². The average Bonchev–Trinajstić information content (AvgIpc) is 3.27. The van der Waals surface area contributed by atoms with Crippen molar-refractivity contribution in [2.75, 3.05) is 33.3 Å². The minimum absolute atomic E-state index is 0.312. The van der Waals surface area contributed by atoms with Crippen LogP contribution in [0.4, 0.5) is 0 Å². The predicted molar refractivity (Wildman–Crippen MR) is 111 cm³/mol. The first-order chi connectivity index (χ1) is 13.7. The van der Waals surface area contributed by atoms with Crippen LogP contribution in [0.5, 0.6) is 5.75 Å². The third-order valence-corrected chi connectivity index (χ3v) is 6.10. The Morgan fingerprint density at radius 2 is 1.82 bits per heavy atom. The van der Waals surface area contributed by atoms with Gasteiger partial charge in [0.25, 0.3) is 0 Å². The number of nitrogens with one attached hydrogen (secondary N) is 2. The SMILES string of the molecule is COc1ccc(CNC(=O)C(=O)NCCN2CCC(c3cccs3)CC2)cc1. The molecule has 0 unspecified atom stereocenters. The van der Waals surface area contributed by atoms with Crippen LogP contribution in [-0.2, 0) is 16.1 Å². The lowest BCUT2D eigenvalue weighted by Crippen LogP contribution is -2.44. The summed E-state index contributed by atoms with van der Waals surface area (Å²) in [6, 6.07) is 11.7. The van der Waals surface area contributed by atoms with E-state index in [2.05, 4.69) is 33.0 Å². The molecule has 2 aromatic rings. The zero-order valence-electron chi connectivity index (χ0n) is 16.1. The van der Waals surface area contributed by atoms with Crippen LogP contribution in [0.1, 0.15) is 29.2 Å². The highest BCUT2D eigenvalue weighted by Gasteiger charge is 2.21. The number of hydrogen-bond acceptors (Lipinski definition) is 5. The van der Waals surface area contributed by atoms with E-state index in [9.17, 15) is 9.59 Å². The van der Waals surface area contributed by atoms with Gasteiger partial charge in [-0.1, -0.05) is 18.2 Å². The van der Waals surface area contributed by atoms with Gasteiger partial charge in [-0.25, -0.2) is 0 Å². The molecule has 150 valence electrons. The largest absolute Gasteiger partial charge is 0.497 e. The molecule has 1 saturated heterocycles. The number of carbonyl (C=O) groups excluding carboxylic acids is 2. The Labute approximate surface area is 169 Å². The van der Waals surface area contributed by atoms with Crippen molar-refractivity contribution in [2.24, 2.45) is 0 Å². The molecule has 0 radical (unpaired) electrons. The molecule has 7 heteroatoms. The van der Waals surface area contributed by atoms with Gasteiger partial charge in [-0.3, -0.25) is 9.59 Å². The number of rotatable bonds is 7. The van der Waals surface area contributed by atoms with Gasteiger partial charge in [-0.05, 0) is 61.0 Å². The maximum Gasteiger partial charge on any atom is 0.309 e. The van der Waals surface area contributed by atoms with Crippen molar-refractivity contribution in [3.63, 3.8) is 0 Å². The van der Waals surface area contributed by atoms with Crippen LogP contribution in [0, 0.1) is 0 Å². The molecule has 1 aromatic carbocycles. The summed E-state index contributed by atoms with van der Waals surface area (Å²) in [6.45, 7) is 3.63. The molecule has 1 aliphatic heterocycles. The van der Waals surface area contributed by atoms with Gasteiger partial charge in [-0.15, -0.1) is 11.3 Å². The summed E-state index contributed by atoms with van der Waals surface area (Å²) in [6.07, 6.45) is 2.30. The normalized spacial score (nSPS) is 15.2. The number of piperidine rings is 1. The smallest absolute Gasteiger partial charge is 0.309 e. The summed E-state index contributed by atoms with van der Waals surface area (Å²) in [7, 11) is 1.60. The Morgan fingerprint density at radius 3 is 2.46 bits per heavy atom. The molecule has 0 aliphatic carbocycles. The minimum Gasteiger partial charge on any atom is -0.497 e. The summed E-state index contributed by atoms with van der Waals surface area (Å²) in [4.78, 5) is 27.7. The average molecular weight is 402 g/mol. The third kappa shape index (κ3) is 5.81. The van der Waals surface area contributed by atoms with Crippen LogP contribution in [0.15, 0.2) is 41.8 Å². The molecule has 0 bridgehead atoms. The molecule has 2 heterocycles. The van der Waals surface area contributed by atoms with Crippen LogP contribution in [0.25, 0.3) is 0 Å². The molecule has 2 N–H and O–H groups in total. The molecule has 0 atom stereocenters. The maximum atomic E-state index is 12.0. The Kier molecular flexibility index (Phi) is 7.45. The molecular weight excluding hydrogens is 374 g/mol. The van der Waals surface area contributed by atoms with Crippen molar-refractivity contribution in [1.82, 2.24) is 15.5 Å². The van der Waals surface area contributed by atoms with E-state index in [1.165, 1.54) is 4.88 Å². The lowest BCUT2D eigenvalue weighted by Gasteiger charge is -2.31. The fraction of sp³-hybridized carbons (Fsp3) is 0.429. The van der Waals surface area contributed by atoms with E-state index in [1.54, 1.807) is 7.11 Å². The summed E-state index contributed by atoms with van der Waals surface area (Å²) in [5.41, 5.74) is 0.913. The van der Waals surface area contributed by atoms with Gasteiger partial charge in [0.2, 0.25) is 0 Å². The second kappa shape index (κ2) is 10.2. The first kappa shape index (κ1) is 20.4. The molecule has 28 heavy (non-hydrogen) atoms. The predicted octanol–water partition coefficient (Wildman–Crippen LogP) is 2.37. The Bertz CT molecular complexity index is 754. The fourth-order valence-electron chi connectivity index (χ4n) is 3.38. The van der Waals surface area contributed by atoms with Gasteiger partial charge in [0.05, 0.1) is 7.11 Å². The van der Waals surface area contributed by atoms with Crippen LogP contribution in [0.3, 0.4) is 0 Å². The van der Waals surface area contributed by atoms with Crippen molar-refractivity contribution >= 4 is 23.2 Å². The van der Waals surface area contributed by atoms with Crippen molar-refractivity contribution in [1.29, 1.82) is 0 Å². The Hall–Kier alpha value is -2.38. The highest BCUT2D eigenvalue weighted by atomic mass is 32.1.